The first-order valence-electron chi connectivity index (χ1n) is 5.92. The van der Waals surface area contributed by atoms with Gasteiger partial charge in [-0.15, -0.1) is 0 Å². The number of hydrogen-bond acceptors (Lipinski definition) is 2. The van der Waals surface area contributed by atoms with Gasteiger partial charge in [0, 0.05) is 25.2 Å². The SMILES string of the molecule is CC(C)C(C)NCCNC(C)C(C)C. The maximum atomic E-state index is 3.51. The molecule has 0 saturated carbocycles. The highest BCUT2D eigenvalue weighted by Gasteiger charge is 2.07. The fraction of sp³-hybridized carbons (Fsp3) is 1.00. The van der Waals surface area contributed by atoms with Crippen LogP contribution in [0.5, 0.6) is 0 Å². The summed E-state index contributed by atoms with van der Waals surface area (Å²) < 4.78 is 0. The van der Waals surface area contributed by atoms with E-state index < -0.39 is 0 Å². The van der Waals surface area contributed by atoms with Gasteiger partial charge in [0.2, 0.25) is 0 Å². The molecule has 14 heavy (non-hydrogen) atoms. The van der Waals surface area contributed by atoms with Crippen molar-refractivity contribution in [3.05, 3.63) is 0 Å². The largest absolute Gasteiger partial charge is 0.313 e. The van der Waals surface area contributed by atoms with Crippen molar-refractivity contribution in [2.24, 2.45) is 11.8 Å². The molecule has 0 radical (unpaired) electrons. The minimum Gasteiger partial charge on any atom is -0.313 e. The highest BCUT2D eigenvalue weighted by molar-refractivity contribution is 4.68. The molecule has 0 heterocycles. The van der Waals surface area contributed by atoms with Crippen molar-refractivity contribution < 1.29 is 0 Å². The van der Waals surface area contributed by atoms with Gasteiger partial charge in [0.25, 0.3) is 0 Å². The van der Waals surface area contributed by atoms with Crippen molar-refractivity contribution in [2.75, 3.05) is 13.1 Å². The van der Waals surface area contributed by atoms with Crippen molar-refractivity contribution in [3.63, 3.8) is 0 Å². The number of rotatable bonds is 7. The lowest BCUT2D eigenvalue weighted by Crippen LogP contribution is -2.40. The van der Waals surface area contributed by atoms with Crippen molar-refractivity contribution in [1.29, 1.82) is 0 Å². The second-order valence-electron chi connectivity index (χ2n) is 4.97. The molecule has 0 fully saturated rings. The Morgan fingerprint density at radius 3 is 1.14 bits per heavy atom. The summed E-state index contributed by atoms with van der Waals surface area (Å²) in [6, 6.07) is 1.23. The van der Waals surface area contributed by atoms with Gasteiger partial charge in [-0.05, 0) is 25.7 Å². The highest BCUT2D eigenvalue weighted by atomic mass is 15.0. The summed E-state index contributed by atoms with van der Waals surface area (Å²) in [5.74, 6) is 1.44. The second-order valence-corrected chi connectivity index (χ2v) is 4.97. The quantitative estimate of drug-likeness (QED) is 0.616. The van der Waals surface area contributed by atoms with Crippen LogP contribution in [0, 0.1) is 11.8 Å². The standard InChI is InChI=1S/C12H28N2/c1-9(2)11(5)13-7-8-14-12(6)10(3)4/h9-14H,7-8H2,1-6H3. The molecule has 0 amide bonds. The smallest absolute Gasteiger partial charge is 0.00794 e. The van der Waals surface area contributed by atoms with Crippen molar-refractivity contribution in [3.8, 4) is 0 Å². The molecule has 0 bridgehead atoms. The summed E-state index contributed by atoms with van der Waals surface area (Å²) in [6.07, 6.45) is 0. The Kier molecular flexibility index (Phi) is 7.20. The lowest BCUT2D eigenvalue weighted by Gasteiger charge is -2.20. The van der Waals surface area contributed by atoms with E-state index >= 15 is 0 Å². The van der Waals surface area contributed by atoms with Gasteiger partial charge in [-0.3, -0.25) is 0 Å². The molecule has 2 N–H and O–H groups in total. The Balaban J connectivity index is 3.38. The Bertz CT molecular complexity index is 116. The first-order chi connectivity index (χ1) is 6.45. The summed E-state index contributed by atoms with van der Waals surface area (Å²) in [4.78, 5) is 0. The van der Waals surface area contributed by atoms with Gasteiger partial charge in [0.05, 0.1) is 0 Å². The van der Waals surface area contributed by atoms with Crippen LogP contribution in [0.25, 0.3) is 0 Å². The lowest BCUT2D eigenvalue weighted by atomic mass is 10.1. The van der Waals surface area contributed by atoms with Crippen LogP contribution in [-0.2, 0) is 0 Å². The van der Waals surface area contributed by atoms with E-state index in [1.165, 1.54) is 0 Å². The van der Waals surface area contributed by atoms with Gasteiger partial charge >= 0.3 is 0 Å². The summed E-state index contributed by atoms with van der Waals surface area (Å²) in [7, 11) is 0. The van der Waals surface area contributed by atoms with Crippen LogP contribution >= 0.6 is 0 Å². The molecule has 0 aliphatic rings. The molecule has 2 atom stereocenters. The summed E-state index contributed by atoms with van der Waals surface area (Å²) >= 11 is 0. The van der Waals surface area contributed by atoms with Gasteiger partial charge in [0.1, 0.15) is 0 Å². The number of hydrogen-bond donors (Lipinski definition) is 2. The third-order valence-corrected chi connectivity index (χ3v) is 3.06. The predicted octanol–water partition coefficient (Wildman–Crippen LogP) is 2.25. The van der Waals surface area contributed by atoms with Crippen molar-refractivity contribution in [1.82, 2.24) is 10.6 Å². The van der Waals surface area contributed by atoms with Crippen LogP contribution in [-0.4, -0.2) is 25.2 Å². The highest BCUT2D eigenvalue weighted by Crippen LogP contribution is 2.00. The Morgan fingerprint density at radius 1 is 0.643 bits per heavy atom. The van der Waals surface area contributed by atoms with E-state index in [9.17, 15) is 0 Å². The van der Waals surface area contributed by atoms with Crippen molar-refractivity contribution >= 4 is 0 Å². The molecule has 0 aromatic heterocycles. The van der Waals surface area contributed by atoms with Crippen LogP contribution in [0.1, 0.15) is 41.5 Å². The van der Waals surface area contributed by atoms with Gasteiger partial charge in [0.15, 0.2) is 0 Å². The van der Waals surface area contributed by atoms with E-state index in [4.69, 9.17) is 0 Å². The summed E-state index contributed by atoms with van der Waals surface area (Å²) in [5.41, 5.74) is 0. The van der Waals surface area contributed by atoms with E-state index in [0.29, 0.717) is 12.1 Å². The second kappa shape index (κ2) is 7.24. The molecule has 2 nitrogen and oxygen atoms in total. The van der Waals surface area contributed by atoms with Crippen LogP contribution in [0.15, 0.2) is 0 Å². The molecular formula is C12H28N2. The van der Waals surface area contributed by atoms with Crippen LogP contribution in [0.3, 0.4) is 0 Å². The summed E-state index contributed by atoms with van der Waals surface area (Å²) in [5, 5.41) is 7.03. The molecule has 0 aromatic carbocycles. The van der Waals surface area contributed by atoms with Gasteiger partial charge in [-0.25, -0.2) is 0 Å². The third-order valence-electron chi connectivity index (χ3n) is 3.06. The molecule has 0 aliphatic carbocycles. The van der Waals surface area contributed by atoms with E-state index in [-0.39, 0.29) is 0 Å². The minimum atomic E-state index is 0.617. The van der Waals surface area contributed by atoms with Crippen LogP contribution in [0.2, 0.25) is 0 Å². The molecule has 0 aliphatic heterocycles. The Hall–Kier alpha value is -0.0800. The average molecular weight is 200 g/mol. The molecule has 0 saturated heterocycles. The normalized spacial score (nSPS) is 16.3. The van der Waals surface area contributed by atoms with Crippen LogP contribution < -0.4 is 10.6 Å². The monoisotopic (exact) mass is 200 g/mol. The molecule has 0 rings (SSSR count). The molecule has 2 heteroatoms. The van der Waals surface area contributed by atoms with E-state index in [1.807, 2.05) is 0 Å². The maximum Gasteiger partial charge on any atom is 0.00794 e. The topological polar surface area (TPSA) is 24.1 Å². The zero-order chi connectivity index (χ0) is 11.1. The number of nitrogens with one attached hydrogen (secondary N) is 2. The predicted molar refractivity (Wildman–Crippen MR) is 64.6 cm³/mol. The van der Waals surface area contributed by atoms with Gasteiger partial charge in [-0.2, -0.15) is 0 Å². The minimum absolute atomic E-state index is 0.617. The fourth-order valence-corrected chi connectivity index (χ4v) is 1.07. The third kappa shape index (κ3) is 6.39. The zero-order valence-corrected chi connectivity index (χ0v) is 10.7. The van der Waals surface area contributed by atoms with E-state index in [1.54, 1.807) is 0 Å². The maximum absolute atomic E-state index is 3.51. The van der Waals surface area contributed by atoms with Gasteiger partial charge in [-0.1, -0.05) is 27.7 Å². The molecule has 0 aromatic rings. The molecule has 86 valence electrons. The molecule has 2 unspecified atom stereocenters. The van der Waals surface area contributed by atoms with Crippen LogP contribution in [0.4, 0.5) is 0 Å². The zero-order valence-electron chi connectivity index (χ0n) is 10.7. The summed E-state index contributed by atoms with van der Waals surface area (Å²) in [6.45, 7) is 15.6. The molecule has 0 spiro atoms. The molecular weight excluding hydrogens is 172 g/mol. The van der Waals surface area contributed by atoms with Gasteiger partial charge < -0.3 is 10.6 Å². The van der Waals surface area contributed by atoms with E-state index in [0.717, 1.165) is 24.9 Å². The Labute approximate surface area is 89.9 Å². The lowest BCUT2D eigenvalue weighted by molar-refractivity contribution is 0.392. The fourth-order valence-electron chi connectivity index (χ4n) is 1.07. The Morgan fingerprint density at radius 2 is 0.929 bits per heavy atom. The first-order valence-corrected chi connectivity index (χ1v) is 5.92. The van der Waals surface area contributed by atoms with Crippen molar-refractivity contribution in [2.45, 2.75) is 53.6 Å². The average Bonchev–Trinajstić information content (AvgIpc) is 2.11. The van der Waals surface area contributed by atoms with E-state index in [2.05, 4.69) is 52.2 Å². The first kappa shape index (κ1) is 13.9.